The van der Waals surface area contributed by atoms with Gasteiger partial charge in [0.1, 0.15) is 16.6 Å². The summed E-state index contributed by atoms with van der Waals surface area (Å²) >= 11 is 18.4. The van der Waals surface area contributed by atoms with E-state index in [2.05, 4.69) is 5.32 Å². The van der Waals surface area contributed by atoms with Gasteiger partial charge in [0.05, 0.1) is 15.5 Å². The molecule has 0 bridgehead atoms. The van der Waals surface area contributed by atoms with Gasteiger partial charge in [0.15, 0.2) is 0 Å². The highest BCUT2D eigenvalue weighted by atomic mass is 35.5. The molecule has 1 heterocycles. The number of nitro groups is 1. The first-order valence-electron chi connectivity index (χ1n) is 8.14. The summed E-state index contributed by atoms with van der Waals surface area (Å²) in [7, 11) is 0. The number of phenolic OH excluding ortho intramolecular Hbond substituents is 1. The second-order valence-electron chi connectivity index (χ2n) is 5.91. The van der Waals surface area contributed by atoms with Gasteiger partial charge in [-0.3, -0.25) is 24.6 Å². The fourth-order valence-electron chi connectivity index (χ4n) is 2.49. The van der Waals surface area contributed by atoms with Crippen LogP contribution in [0, 0.1) is 10.1 Å². The van der Waals surface area contributed by atoms with Crippen molar-refractivity contribution in [3.05, 3.63) is 67.0 Å². The molecule has 0 spiro atoms. The Morgan fingerprint density at radius 3 is 2.60 bits per heavy atom. The molecule has 0 saturated carbocycles. The average molecular weight is 484 g/mol. The van der Waals surface area contributed by atoms with Crippen molar-refractivity contribution < 1.29 is 19.6 Å². The van der Waals surface area contributed by atoms with Crippen LogP contribution >= 0.6 is 47.2 Å². The number of thioether (sulfide) groups is 1. The zero-order valence-electron chi connectivity index (χ0n) is 14.8. The molecule has 1 fully saturated rings. The molecule has 2 aromatic rings. The van der Waals surface area contributed by atoms with Crippen LogP contribution in [0.25, 0.3) is 6.08 Å². The van der Waals surface area contributed by atoms with Gasteiger partial charge < -0.3 is 10.4 Å². The van der Waals surface area contributed by atoms with E-state index in [1.807, 2.05) is 0 Å². The molecule has 12 heteroatoms. The number of non-ortho nitro benzene ring substituents is 1. The SMILES string of the molecule is O=C(CN1C(=O)/C(=C/c2c(Cl)cccc2Cl)SC1=S)Nc1cc([N+](=O)[O-])ccc1O. The highest BCUT2D eigenvalue weighted by Gasteiger charge is 2.34. The van der Waals surface area contributed by atoms with Crippen molar-refractivity contribution in [2.24, 2.45) is 0 Å². The number of hydrogen-bond donors (Lipinski definition) is 2. The third kappa shape index (κ3) is 4.73. The molecular formula is C18H11Cl2N3O5S2. The van der Waals surface area contributed by atoms with Crippen LogP contribution in [-0.2, 0) is 9.59 Å². The summed E-state index contributed by atoms with van der Waals surface area (Å²) in [6.07, 6.45) is 1.49. The minimum atomic E-state index is -0.695. The Bertz CT molecular complexity index is 1100. The van der Waals surface area contributed by atoms with Crippen LogP contribution in [0.2, 0.25) is 10.0 Å². The van der Waals surface area contributed by atoms with E-state index in [-0.39, 0.29) is 26.3 Å². The summed E-state index contributed by atoms with van der Waals surface area (Å²) in [6, 6.07) is 8.11. The largest absolute Gasteiger partial charge is 0.506 e. The van der Waals surface area contributed by atoms with Gasteiger partial charge in [-0.15, -0.1) is 0 Å². The van der Waals surface area contributed by atoms with Crippen molar-refractivity contribution in [3.8, 4) is 5.75 Å². The first-order valence-corrected chi connectivity index (χ1v) is 10.1. The van der Waals surface area contributed by atoms with Crippen molar-refractivity contribution in [2.75, 3.05) is 11.9 Å². The van der Waals surface area contributed by atoms with E-state index in [0.717, 1.165) is 34.9 Å². The minimum absolute atomic E-state index is 0.146. The van der Waals surface area contributed by atoms with E-state index >= 15 is 0 Å². The van der Waals surface area contributed by atoms with Gasteiger partial charge in [-0.25, -0.2) is 0 Å². The normalized spacial score (nSPS) is 15.0. The standard InChI is InChI=1S/C18H11Cl2N3O5S2/c19-11-2-1-3-12(20)10(11)7-15-17(26)22(18(29)30-15)8-16(25)21-13-6-9(23(27)28)4-5-14(13)24/h1-7,24H,8H2,(H,21,25)/b15-7-. The molecule has 3 rings (SSSR count). The molecule has 8 nitrogen and oxygen atoms in total. The number of hydrogen-bond acceptors (Lipinski definition) is 7. The smallest absolute Gasteiger partial charge is 0.271 e. The lowest BCUT2D eigenvalue weighted by Gasteiger charge is -2.14. The van der Waals surface area contributed by atoms with Gasteiger partial charge in [-0.05, 0) is 24.3 Å². The molecule has 2 aromatic carbocycles. The Hall–Kier alpha value is -2.66. The molecular weight excluding hydrogens is 473 g/mol. The number of carbonyl (C=O) groups excluding carboxylic acids is 2. The van der Waals surface area contributed by atoms with Crippen molar-refractivity contribution >= 4 is 80.8 Å². The van der Waals surface area contributed by atoms with Gasteiger partial charge in [-0.2, -0.15) is 0 Å². The van der Waals surface area contributed by atoms with Crippen molar-refractivity contribution in [1.29, 1.82) is 0 Å². The topological polar surface area (TPSA) is 113 Å². The lowest BCUT2D eigenvalue weighted by molar-refractivity contribution is -0.384. The quantitative estimate of drug-likeness (QED) is 0.212. The molecule has 154 valence electrons. The number of nitrogens with one attached hydrogen (secondary N) is 1. The molecule has 0 atom stereocenters. The number of amides is 2. The van der Waals surface area contributed by atoms with Crippen LogP contribution in [0.15, 0.2) is 41.3 Å². The molecule has 1 saturated heterocycles. The third-order valence-corrected chi connectivity index (χ3v) is 5.95. The number of nitrogens with zero attached hydrogens (tertiary/aromatic N) is 2. The van der Waals surface area contributed by atoms with E-state index in [1.54, 1.807) is 18.2 Å². The van der Waals surface area contributed by atoms with Crippen molar-refractivity contribution in [3.63, 3.8) is 0 Å². The molecule has 1 aliphatic heterocycles. The summed E-state index contributed by atoms with van der Waals surface area (Å²) in [4.78, 5) is 36.5. The fraction of sp³-hybridized carbons (Fsp3) is 0.0556. The number of carbonyl (C=O) groups is 2. The van der Waals surface area contributed by atoms with Gasteiger partial charge in [0, 0.05) is 27.7 Å². The van der Waals surface area contributed by atoms with Crippen molar-refractivity contribution in [1.82, 2.24) is 4.90 Å². The van der Waals surface area contributed by atoms with Crippen LogP contribution in [0.5, 0.6) is 5.75 Å². The van der Waals surface area contributed by atoms with Crippen LogP contribution in [0.4, 0.5) is 11.4 Å². The molecule has 2 N–H and O–H groups in total. The monoisotopic (exact) mass is 483 g/mol. The van der Waals surface area contributed by atoms with E-state index in [1.165, 1.54) is 6.08 Å². The van der Waals surface area contributed by atoms with Crippen LogP contribution in [0.3, 0.4) is 0 Å². The predicted octanol–water partition coefficient (Wildman–Crippen LogP) is 4.45. The van der Waals surface area contributed by atoms with Crippen LogP contribution in [0.1, 0.15) is 5.56 Å². The number of thiocarbonyl (C=S) groups is 1. The highest BCUT2D eigenvalue weighted by molar-refractivity contribution is 8.26. The average Bonchev–Trinajstić information content (AvgIpc) is 2.93. The second-order valence-corrected chi connectivity index (χ2v) is 8.40. The number of halogens is 2. The summed E-state index contributed by atoms with van der Waals surface area (Å²) in [6.45, 7) is -0.444. The molecule has 0 unspecified atom stereocenters. The third-order valence-electron chi connectivity index (χ3n) is 3.92. The van der Waals surface area contributed by atoms with E-state index in [4.69, 9.17) is 35.4 Å². The molecule has 0 radical (unpaired) electrons. The second kappa shape index (κ2) is 9.00. The van der Waals surface area contributed by atoms with E-state index < -0.39 is 23.3 Å². The van der Waals surface area contributed by atoms with Gasteiger partial charge in [0.25, 0.3) is 11.6 Å². The zero-order chi connectivity index (χ0) is 22.0. The number of aromatic hydroxyl groups is 1. The highest BCUT2D eigenvalue weighted by Crippen LogP contribution is 2.36. The lowest BCUT2D eigenvalue weighted by atomic mass is 10.2. The maximum atomic E-state index is 12.7. The molecule has 30 heavy (non-hydrogen) atoms. The molecule has 1 aliphatic rings. The minimum Gasteiger partial charge on any atom is -0.506 e. The summed E-state index contributed by atoms with van der Waals surface area (Å²) in [5.74, 6) is -1.56. The van der Waals surface area contributed by atoms with Gasteiger partial charge >= 0.3 is 0 Å². The Morgan fingerprint density at radius 2 is 1.97 bits per heavy atom. The van der Waals surface area contributed by atoms with E-state index in [9.17, 15) is 24.8 Å². The number of anilines is 1. The zero-order valence-corrected chi connectivity index (χ0v) is 17.9. The molecule has 2 amide bonds. The summed E-state index contributed by atoms with van der Waals surface area (Å²) < 4.78 is 0.146. The van der Waals surface area contributed by atoms with Gasteiger partial charge in [-0.1, -0.05) is 53.2 Å². The number of nitro benzene ring substituents is 1. The van der Waals surface area contributed by atoms with E-state index in [0.29, 0.717) is 15.6 Å². The number of rotatable bonds is 5. The first-order chi connectivity index (χ1) is 14.2. The molecule has 0 aromatic heterocycles. The fourth-order valence-corrected chi connectivity index (χ4v) is 4.23. The van der Waals surface area contributed by atoms with Gasteiger partial charge in [0.2, 0.25) is 5.91 Å². The Balaban J connectivity index is 1.76. The Kier molecular flexibility index (Phi) is 6.61. The van der Waals surface area contributed by atoms with Crippen LogP contribution < -0.4 is 5.32 Å². The maximum absolute atomic E-state index is 12.7. The molecule has 0 aliphatic carbocycles. The number of phenols is 1. The summed E-state index contributed by atoms with van der Waals surface area (Å²) in [5, 5.41) is 23.7. The number of benzene rings is 2. The maximum Gasteiger partial charge on any atom is 0.271 e. The summed E-state index contributed by atoms with van der Waals surface area (Å²) in [5.41, 5.74) is -0.0152. The lowest BCUT2D eigenvalue weighted by Crippen LogP contribution is -2.36. The van der Waals surface area contributed by atoms with Crippen LogP contribution in [-0.4, -0.2) is 37.6 Å². The first kappa shape index (κ1) is 22.0. The Morgan fingerprint density at radius 1 is 1.30 bits per heavy atom. The predicted molar refractivity (Wildman–Crippen MR) is 120 cm³/mol. The van der Waals surface area contributed by atoms with Crippen molar-refractivity contribution in [2.45, 2.75) is 0 Å². The Labute approximate surface area is 189 Å².